The smallest absolute Gasteiger partial charge is 0.324 e. The van der Waals surface area contributed by atoms with Crippen molar-refractivity contribution in [2.24, 2.45) is 0 Å². The largest absolute Gasteiger partial charge is 0.398 e. The van der Waals surface area contributed by atoms with Crippen LogP contribution in [-0.2, 0) is 4.79 Å². The Kier molecular flexibility index (Phi) is 5.52. The summed E-state index contributed by atoms with van der Waals surface area (Å²) in [5.41, 5.74) is 0.434. The van der Waals surface area contributed by atoms with Crippen molar-refractivity contribution in [3.63, 3.8) is 0 Å². The van der Waals surface area contributed by atoms with Gasteiger partial charge < -0.3 is 10.6 Å². The fourth-order valence-corrected chi connectivity index (χ4v) is 2.92. The number of nitrogens with one attached hydrogen (secondary N) is 2. The Bertz CT molecular complexity index is 487. The number of hydrogen-bond donors (Lipinski definition) is 2. The molecule has 0 unspecified atom stereocenters. The van der Waals surface area contributed by atoms with Crippen molar-refractivity contribution in [2.45, 2.75) is 36.4 Å². The topological polar surface area (TPSA) is 41.1 Å². The van der Waals surface area contributed by atoms with Crippen molar-refractivity contribution in [1.82, 2.24) is 5.32 Å². The molecular weight excluding hydrogens is 301 g/mol. The number of hydrogen-bond acceptors (Lipinski definition) is 3. The number of piperidine rings is 1. The molecule has 1 fully saturated rings. The van der Waals surface area contributed by atoms with Crippen LogP contribution in [-0.4, -0.2) is 30.4 Å². The zero-order chi connectivity index (χ0) is 15.3. The first kappa shape index (κ1) is 16.2. The van der Waals surface area contributed by atoms with E-state index in [4.69, 9.17) is 0 Å². The van der Waals surface area contributed by atoms with E-state index >= 15 is 0 Å². The molecule has 1 amide bonds. The summed E-state index contributed by atoms with van der Waals surface area (Å²) in [5, 5.41) is 5.84. The van der Waals surface area contributed by atoms with Crippen LogP contribution in [0.15, 0.2) is 29.2 Å². The molecular formula is C14H17F3N2OS. The van der Waals surface area contributed by atoms with Crippen LogP contribution in [0.1, 0.15) is 19.3 Å². The number of carbonyl (C=O) groups excluding carboxylic acids is 1. The van der Waals surface area contributed by atoms with Crippen molar-refractivity contribution in [2.75, 3.05) is 17.6 Å². The molecule has 3 nitrogen and oxygen atoms in total. The maximum atomic E-state index is 12.3. The van der Waals surface area contributed by atoms with Crippen LogP contribution in [0.4, 0.5) is 18.9 Å². The minimum absolute atomic E-state index is 0.185. The zero-order valence-corrected chi connectivity index (χ0v) is 12.2. The van der Waals surface area contributed by atoms with Gasteiger partial charge in [0.15, 0.2) is 0 Å². The zero-order valence-electron chi connectivity index (χ0n) is 11.4. The number of benzene rings is 1. The predicted molar refractivity (Wildman–Crippen MR) is 77.5 cm³/mol. The summed E-state index contributed by atoms with van der Waals surface area (Å²) in [6, 6.07) is 6.30. The van der Waals surface area contributed by atoms with Crippen LogP contribution < -0.4 is 10.6 Å². The maximum absolute atomic E-state index is 12.3. The van der Waals surface area contributed by atoms with Crippen molar-refractivity contribution in [3.05, 3.63) is 24.3 Å². The standard InChI is InChI=1S/C14H17F3N2OS/c15-14(16,17)9-21-12-7-2-1-5-10(12)19-13(20)11-6-3-4-8-18-11/h1-2,5,7,11,18H,3-4,6,8-9H2,(H,19,20)/t11-/m0/s1. The highest BCUT2D eigenvalue weighted by Crippen LogP contribution is 2.32. The van der Waals surface area contributed by atoms with Gasteiger partial charge in [0, 0.05) is 4.90 Å². The summed E-state index contributed by atoms with van der Waals surface area (Å²) in [7, 11) is 0. The molecule has 1 saturated heterocycles. The van der Waals surface area contributed by atoms with Crippen LogP contribution in [0, 0.1) is 0 Å². The number of rotatable bonds is 4. The third kappa shape index (κ3) is 5.24. The number of para-hydroxylation sites is 1. The maximum Gasteiger partial charge on any atom is 0.398 e. The lowest BCUT2D eigenvalue weighted by molar-refractivity contribution is -0.118. The number of carbonyl (C=O) groups is 1. The molecule has 0 aromatic heterocycles. The molecule has 2 rings (SSSR count). The molecule has 1 aliphatic heterocycles. The third-order valence-electron chi connectivity index (χ3n) is 3.16. The van der Waals surface area contributed by atoms with Gasteiger partial charge in [0.05, 0.1) is 17.5 Å². The minimum Gasteiger partial charge on any atom is -0.324 e. The second kappa shape index (κ2) is 7.17. The van der Waals surface area contributed by atoms with E-state index in [1.165, 1.54) is 0 Å². The van der Waals surface area contributed by atoms with Crippen molar-refractivity contribution in [3.8, 4) is 0 Å². The van der Waals surface area contributed by atoms with Gasteiger partial charge in [-0.15, -0.1) is 11.8 Å². The molecule has 0 radical (unpaired) electrons. The van der Waals surface area contributed by atoms with Crippen molar-refractivity contribution < 1.29 is 18.0 Å². The van der Waals surface area contributed by atoms with Crippen LogP contribution in [0.2, 0.25) is 0 Å². The van der Waals surface area contributed by atoms with E-state index in [-0.39, 0.29) is 11.9 Å². The molecule has 116 valence electrons. The van der Waals surface area contributed by atoms with Gasteiger partial charge in [0.2, 0.25) is 5.91 Å². The molecule has 2 N–H and O–H groups in total. The SMILES string of the molecule is O=C(Nc1ccccc1SCC(F)(F)F)[C@@H]1CCCCN1. The molecule has 1 aromatic carbocycles. The Morgan fingerprint density at radius 3 is 2.76 bits per heavy atom. The quantitative estimate of drug-likeness (QED) is 0.836. The van der Waals surface area contributed by atoms with E-state index in [2.05, 4.69) is 10.6 Å². The van der Waals surface area contributed by atoms with E-state index in [0.717, 1.165) is 25.8 Å². The molecule has 1 aromatic rings. The second-order valence-corrected chi connectivity index (χ2v) is 5.91. The molecule has 0 saturated carbocycles. The molecule has 7 heteroatoms. The summed E-state index contributed by atoms with van der Waals surface area (Å²) in [6.45, 7) is 0.794. The summed E-state index contributed by atoms with van der Waals surface area (Å²) in [6.07, 6.45) is -1.45. The molecule has 0 spiro atoms. The molecule has 1 atom stereocenters. The lowest BCUT2D eigenvalue weighted by atomic mass is 10.0. The predicted octanol–water partition coefficient (Wildman–Crippen LogP) is 3.42. The number of halogens is 3. The van der Waals surface area contributed by atoms with Crippen molar-refractivity contribution in [1.29, 1.82) is 0 Å². The Morgan fingerprint density at radius 1 is 1.33 bits per heavy atom. The number of alkyl halides is 3. The normalized spacial score (nSPS) is 19.3. The summed E-state index contributed by atoms with van der Waals surface area (Å²) >= 11 is 0.682. The van der Waals surface area contributed by atoms with E-state index in [0.29, 0.717) is 22.3 Å². The van der Waals surface area contributed by atoms with Gasteiger partial charge in [-0.1, -0.05) is 18.6 Å². The van der Waals surface area contributed by atoms with E-state index in [9.17, 15) is 18.0 Å². The van der Waals surface area contributed by atoms with E-state index in [1.807, 2.05) is 0 Å². The van der Waals surface area contributed by atoms with Crippen LogP contribution in [0.25, 0.3) is 0 Å². The van der Waals surface area contributed by atoms with Gasteiger partial charge in [-0.2, -0.15) is 13.2 Å². The summed E-state index contributed by atoms with van der Waals surface area (Å²) in [4.78, 5) is 12.5. The Morgan fingerprint density at radius 2 is 2.10 bits per heavy atom. The molecule has 1 aliphatic rings. The molecule has 1 heterocycles. The fourth-order valence-electron chi connectivity index (χ4n) is 2.15. The number of anilines is 1. The van der Waals surface area contributed by atoms with Crippen LogP contribution in [0.5, 0.6) is 0 Å². The molecule has 0 bridgehead atoms. The molecule has 0 aliphatic carbocycles. The fraction of sp³-hybridized carbons (Fsp3) is 0.500. The monoisotopic (exact) mass is 318 g/mol. The van der Waals surface area contributed by atoms with Crippen molar-refractivity contribution >= 4 is 23.4 Å². The first-order valence-electron chi connectivity index (χ1n) is 6.78. The Hall–Kier alpha value is -1.21. The second-order valence-electron chi connectivity index (χ2n) is 4.89. The summed E-state index contributed by atoms with van der Waals surface area (Å²) < 4.78 is 36.9. The van der Waals surface area contributed by atoms with Gasteiger partial charge in [0.25, 0.3) is 0 Å². The lowest BCUT2D eigenvalue weighted by Gasteiger charge is -2.23. The summed E-state index contributed by atoms with van der Waals surface area (Å²) in [5.74, 6) is -1.16. The number of thioether (sulfide) groups is 1. The average Bonchev–Trinajstić information content (AvgIpc) is 2.46. The van der Waals surface area contributed by atoms with Gasteiger partial charge in [-0.25, -0.2) is 0 Å². The number of amides is 1. The highest BCUT2D eigenvalue weighted by molar-refractivity contribution is 7.99. The molecule has 21 heavy (non-hydrogen) atoms. The van der Waals surface area contributed by atoms with Gasteiger partial charge in [-0.05, 0) is 31.5 Å². The van der Waals surface area contributed by atoms with Crippen LogP contribution >= 0.6 is 11.8 Å². The van der Waals surface area contributed by atoms with Gasteiger partial charge in [0.1, 0.15) is 0 Å². The van der Waals surface area contributed by atoms with Crippen LogP contribution in [0.3, 0.4) is 0 Å². The van der Waals surface area contributed by atoms with Gasteiger partial charge >= 0.3 is 6.18 Å². The van der Waals surface area contributed by atoms with E-state index < -0.39 is 11.9 Å². The highest BCUT2D eigenvalue weighted by atomic mass is 32.2. The Labute approximate surface area is 125 Å². The first-order chi connectivity index (χ1) is 9.96. The average molecular weight is 318 g/mol. The minimum atomic E-state index is -4.23. The first-order valence-corrected chi connectivity index (χ1v) is 7.77. The van der Waals surface area contributed by atoms with E-state index in [1.54, 1.807) is 24.3 Å². The lowest BCUT2D eigenvalue weighted by Crippen LogP contribution is -2.43. The third-order valence-corrected chi connectivity index (χ3v) is 4.30. The highest BCUT2D eigenvalue weighted by Gasteiger charge is 2.28. The van der Waals surface area contributed by atoms with Gasteiger partial charge in [-0.3, -0.25) is 4.79 Å². The Balaban J connectivity index is 2.00.